The van der Waals surface area contributed by atoms with Gasteiger partial charge in [0, 0.05) is 23.1 Å². The second kappa shape index (κ2) is 3.67. The number of halogens is 1. The van der Waals surface area contributed by atoms with E-state index in [1.807, 2.05) is 6.07 Å². The molecule has 3 N–H and O–H groups in total. The van der Waals surface area contributed by atoms with Gasteiger partial charge in [-0.3, -0.25) is 10.8 Å². The highest BCUT2D eigenvalue weighted by atomic mass is 19.1. The number of fused-ring (bicyclic) bond motifs is 1. The minimum Gasteiger partial charge on any atom is -0.323 e. The van der Waals surface area contributed by atoms with Gasteiger partial charge in [-0.2, -0.15) is 0 Å². The van der Waals surface area contributed by atoms with E-state index in [0.29, 0.717) is 17.0 Å². The molecule has 1 aliphatic rings. The Hall–Kier alpha value is -1.68. The lowest BCUT2D eigenvalue weighted by molar-refractivity contribution is 0.620. The van der Waals surface area contributed by atoms with Crippen LogP contribution in [0.5, 0.6) is 0 Å². The molecule has 3 rings (SSSR count). The Balaban J connectivity index is 2.28. The molecule has 1 aromatic carbocycles. The Morgan fingerprint density at radius 3 is 2.76 bits per heavy atom. The Morgan fingerprint density at radius 2 is 2.12 bits per heavy atom. The molecule has 0 atom stereocenters. The Labute approximate surface area is 98.8 Å². The van der Waals surface area contributed by atoms with E-state index in [1.54, 1.807) is 13.0 Å². The lowest BCUT2D eigenvalue weighted by Crippen LogP contribution is -2.08. The molecule has 1 aliphatic carbocycles. The summed E-state index contributed by atoms with van der Waals surface area (Å²) in [6.07, 6.45) is 2.33. The SMILES string of the molecule is Cc1cc2c(NN)cc(C3CC3)nc2cc1F. The minimum absolute atomic E-state index is 0.221. The van der Waals surface area contributed by atoms with Crippen LogP contribution in [-0.2, 0) is 0 Å². The summed E-state index contributed by atoms with van der Waals surface area (Å²) in [5.41, 5.74) is 5.78. The zero-order valence-corrected chi connectivity index (χ0v) is 9.63. The first kappa shape index (κ1) is 10.5. The van der Waals surface area contributed by atoms with E-state index in [0.717, 1.165) is 29.6 Å². The molecule has 0 bridgehead atoms. The number of aromatic nitrogens is 1. The van der Waals surface area contributed by atoms with Crippen molar-refractivity contribution < 1.29 is 4.39 Å². The van der Waals surface area contributed by atoms with Gasteiger partial charge < -0.3 is 5.43 Å². The number of hydrazine groups is 1. The summed E-state index contributed by atoms with van der Waals surface area (Å²) in [4.78, 5) is 4.51. The fourth-order valence-electron chi connectivity index (χ4n) is 2.08. The van der Waals surface area contributed by atoms with E-state index < -0.39 is 0 Å². The van der Waals surface area contributed by atoms with Crippen LogP contribution in [0.1, 0.15) is 30.0 Å². The van der Waals surface area contributed by atoms with Crippen molar-refractivity contribution in [2.75, 3.05) is 5.43 Å². The summed E-state index contributed by atoms with van der Waals surface area (Å²) in [6, 6.07) is 5.23. The average Bonchev–Trinajstić information content (AvgIpc) is 3.13. The van der Waals surface area contributed by atoms with Crippen LogP contribution in [0.2, 0.25) is 0 Å². The highest BCUT2D eigenvalue weighted by Gasteiger charge is 2.26. The van der Waals surface area contributed by atoms with Gasteiger partial charge in [0.05, 0.1) is 11.2 Å². The summed E-state index contributed by atoms with van der Waals surface area (Å²) in [5, 5.41) is 0.871. The number of nitrogens with zero attached hydrogens (tertiary/aromatic N) is 1. The molecule has 1 heterocycles. The number of pyridine rings is 1. The van der Waals surface area contributed by atoms with E-state index >= 15 is 0 Å². The maximum absolute atomic E-state index is 13.5. The first-order chi connectivity index (χ1) is 8.19. The number of hydrogen-bond acceptors (Lipinski definition) is 3. The normalized spacial score (nSPS) is 15.2. The van der Waals surface area contributed by atoms with Crippen LogP contribution < -0.4 is 11.3 Å². The summed E-state index contributed by atoms with van der Waals surface area (Å²) in [6.45, 7) is 1.74. The lowest BCUT2D eigenvalue weighted by atomic mass is 10.1. The molecule has 1 aromatic heterocycles. The number of nitrogens with one attached hydrogen (secondary N) is 1. The van der Waals surface area contributed by atoms with Crippen LogP contribution >= 0.6 is 0 Å². The van der Waals surface area contributed by atoms with Crippen LogP contribution in [0, 0.1) is 12.7 Å². The summed E-state index contributed by atoms with van der Waals surface area (Å²) in [7, 11) is 0. The number of anilines is 1. The lowest BCUT2D eigenvalue weighted by Gasteiger charge is -2.09. The molecule has 1 saturated carbocycles. The molecule has 88 valence electrons. The van der Waals surface area contributed by atoms with Crippen molar-refractivity contribution in [2.45, 2.75) is 25.7 Å². The number of hydrogen-bond donors (Lipinski definition) is 2. The third kappa shape index (κ3) is 1.74. The predicted molar refractivity (Wildman–Crippen MR) is 66.2 cm³/mol. The topological polar surface area (TPSA) is 50.9 Å². The molecule has 0 saturated heterocycles. The monoisotopic (exact) mass is 231 g/mol. The molecule has 0 aliphatic heterocycles. The second-order valence-electron chi connectivity index (χ2n) is 4.63. The number of aryl methyl sites for hydroxylation is 1. The summed E-state index contributed by atoms with van der Waals surface area (Å²) in [5.74, 6) is 5.82. The molecule has 4 heteroatoms. The van der Waals surface area contributed by atoms with Crippen molar-refractivity contribution >= 4 is 16.6 Å². The summed E-state index contributed by atoms with van der Waals surface area (Å²) >= 11 is 0. The molecular formula is C13H14FN3. The minimum atomic E-state index is -0.221. The molecular weight excluding hydrogens is 217 g/mol. The van der Waals surface area contributed by atoms with Crippen molar-refractivity contribution in [3.63, 3.8) is 0 Å². The van der Waals surface area contributed by atoms with E-state index in [2.05, 4.69) is 10.4 Å². The largest absolute Gasteiger partial charge is 0.323 e. The van der Waals surface area contributed by atoms with Crippen LogP contribution in [0.25, 0.3) is 10.9 Å². The van der Waals surface area contributed by atoms with Crippen LogP contribution in [0.3, 0.4) is 0 Å². The molecule has 1 fully saturated rings. The summed E-state index contributed by atoms with van der Waals surface area (Å²) < 4.78 is 13.5. The zero-order chi connectivity index (χ0) is 12.0. The Morgan fingerprint density at radius 1 is 1.35 bits per heavy atom. The quantitative estimate of drug-likeness (QED) is 0.617. The van der Waals surface area contributed by atoms with Gasteiger partial charge in [-0.25, -0.2) is 4.39 Å². The van der Waals surface area contributed by atoms with E-state index in [9.17, 15) is 4.39 Å². The highest BCUT2D eigenvalue weighted by Crippen LogP contribution is 2.41. The molecule has 0 unspecified atom stereocenters. The maximum atomic E-state index is 13.5. The Kier molecular flexibility index (Phi) is 2.26. The van der Waals surface area contributed by atoms with E-state index in [4.69, 9.17) is 5.84 Å². The molecule has 2 aromatic rings. The fraction of sp³-hybridized carbons (Fsp3) is 0.308. The Bertz CT molecular complexity index is 591. The molecule has 17 heavy (non-hydrogen) atoms. The van der Waals surface area contributed by atoms with Crippen molar-refractivity contribution in [3.05, 3.63) is 35.3 Å². The van der Waals surface area contributed by atoms with Crippen LogP contribution in [-0.4, -0.2) is 4.98 Å². The van der Waals surface area contributed by atoms with Gasteiger partial charge in [-0.05, 0) is 37.5 Å². The van der Waals surface area contributed by atoms with Gasteiger partial charge in [-0.1, -0.05) is 0 Å². The van der Waals surface area contributed by atoms with E-state index in [-0.39, 0.29) is 5.82 Å². The van der Waals surface area contributed by atoms with Gasteiger partial charge in [-0.15, -0.1) is 0 Å². The molecule has 0 radical (unpaired) electrons. The number of nitrogen functional groups attached to an aromatic ring is 1. The smallest absolute Gasteiger partial charge is 0.128 e. The average molecular weight is 231 g/mol. The van der Waals surface area contributed by atoms with Gasteiger partial charge in [0.1, 0.15) is 5.82 Å². The van der Waals surface area contributed by atoms with Crippen LogP contribution in [0.15, 0.2) is 18.2 Å². The van der Waals surface area contributed by atoms with Crippen molar-refractivity contribution in [1.29, 1.82) is 0 Å². The highest BCUT2D eigenvalue weighted by molar-refractivity contribution is 5.92. The fourth-order valence-corrected chi connectivity index (χ4v) is 2.08. The van der Waals surface area contributed by atoms with Gasteiger partial charge in [0.2, 0.25) is 0 Å². The second-order valence-corrected chi connectivity index (χ2v) is 4.63. The first-order valence-electron chi connectivity index (χ1n) is 5.76. The van der Waals surface area contributed by atoms with Gasteiger partial charge in [0.25, 0.3) is 0 Å². The number of benzene rings is 1. The third-order valence-corrected chi connectivity index (χ3v) is 3.26. The van der Waals surface area contributed by atoms with Crippen molar-refractivity contribution in [1.82, 2.24) is 4.98 Å². The van der Waals surface area contributed by atoms with Crippen molar-refractivity contribution in [3.8, 4) is 0 Å². The van der Waals surface area contributed by atoms with E-state index in [1.165, 1.54) is 6.07 Å². The standard InChI is InChI=1S/C13H14FN3/c1-7-4-9-12(5-10(7)14)16-11(8-2-3-8)6-13(9)17-15/h4-6,8H,2-3,15H2,1H3,(H,16,17). The maximum Gasteiger partial charge on any atom is 0.128 e. The first-order valence-corrected chi connectivity index (χ1v) is 5.76. The predicted octanol–water partition coefficient (Wildman–Crippen LogP) is 2.85. The third-order valence-electron chi connectivity index (χ3n) is 3.26. The number of rotatable bonds is 2. The molecule has 0 amide bonds. The number of nitrogens with two attached hydrogens (primary N) is 1. The van der Waals surface area contributed by atoms with Crippen molar-refractivity contribution in [2.24, 2.45) is 5.84 Å². The zero-order valence-electron chi connectivity index (χ0n) is 9.63. The van der Waals surface area contributed by atoms with Gasteiger partial charge >= 0.3 is 0 Å². The molecule has 3 nitrogen and oxygen atoms in total. The van der Waals surface area contributed by atoms with Crippen LogP contribution in [0.4, 0.5) is 10.1 Å². The van der Waals surface area contributed by atoms with Gasteiger partial charge in [0.15, 0.2) is 0 Å². The molecule has 0 spiro atoms.